The number of para-hydroxylation sites is 1. The number of phenols is 1. The summed E-state index contributed by atoms with van der Waals surface area (Å²) in [6.07, 6.45) is 1.32. The van der Waals surface area contributed by atoms with Crippen LogP contribution in [0.4, 0.5) is 14.5 Å². The summed E-state index contributed by atoms with van der Waals surface area (Å²) in [5, 5.41) is 9.50. The van der Waals surface area contributed by atoms with E-state index in [1.807, 2.05) is 0 Å². The van der Waals surface area contributed by atoms with Crippen molar-refractivity contribution >= 4 is 27.8 Å². The van der Waals surface area contributed by atoms with Gasteiger partial charge in [-0.25, -0.2) is 8.78 Å². The lowest BCUT2D eigenvalue weighted by atomic mass is 10.2. The Labute approximate surface area is 111 Å². The first-order valence-corrected chi connectivity index (χ1v) is 5.84. The molecule has 0 atom stereocenters. The van der Waals surface area contributed by atoms with E-state index in [0.717, 1.165) is 6.07 Å². The number of rotatable bonds is 2. The maximum absolute atomic E-state index is 13.4. The molecule has 18 heavy (non-hydrogen) atoms. The molecule has 0 saturated carbocycles. The minimum absolute atomic E-state index is 0.00784. The average Bonchev–Trinajstić information content (AvgIpc) is 2.34. The predicted octanol–water partition coefficient (Wildman–Crippen LogP) is 4.18. The van der Waals surface area contributed by atoms with E-state index in [1.54, 1.807) is 18.2 Å². The van der Waals surface area contributed by atoms with Crippen LogP contribution in [0.25, 0.3) is 0 Å². The molecule has 92 valence electrons. The van der Waals surface area contributed by atoms with E-state index in [0.29, 0.717) is 5.56 Å². The zero-order chi connectivity index (χ0) is 13.1. The lowest BCUT2D eigenvalue weighted by Crippen LogP contribution is -1.85. The van der Waals surface area contributed by atoms with Gasteiger partial charge in [-0.3, -0.25) is 4.99 Å². The van der Waals surface area contributed by atoms with Gasteiger partial charge >= 0.3 is 0 Å². The molecule has 0 aromatic heterocycles. The van der Waals surface area contributed by atoms with Crippen molar-refractivity contribution in [1.29, 1.82) is 0 Å². The first-order valence-electron chi connectivity index (χ1n) is 5.04. The number of nitrogens with zero attached hydrogens (tertiary/aromatic N) is 1. The molecule has 5 heteroatoms. The first kappa shape index (κ1) is 12.7. The average molecular weight is 312 g/mol. The van der Waals surface area contributed by atoms with Crippen LogP contribution < -0.4 is 0 Å². The standard InChI is InChI=1S/C13H8BrF2NO/c14-9-5-12(11(16)6-10(9)15)17-7-8-3-1-2-4-13(8)18/h1-7,18H. The number of hydrogen-bond acceptors (Lipinski definition) is 2. The smallest absolute Gasteiger partial charge is 0.151 e. The second-order valence-electron chi connectivity index (χ2n) is 3.53. The van der Waals surface area contributed by atoms with Gasteiger partial charge in [0.1, 0.15) is 11.6 Å². The Balaban J connectivity index is 2.35. The van der Waals surface area contributed by atoms with Gasteiger partial charge in [0.2, 0.25) is 0 Å². The Hall–Kier alpha value is -1.75. The Bertz CT molecular complexity index is 614. The Morgan fingerprint density at radius 3 is 2.56 bits per heavy atom. The summed E-state index contributed by atoms with van der Waals surface area (Å²) in [6, 6.07) is 8.51. The van der Waals surface area contributed by atoms with E-state index in [1.165, 1.54) is 18.3 Å². The van der Waals surface area contributed by atoms with Crippen molar-refractivity contribution in [3.8, 4) is 5.75 Å². The van der Waals surface area contributed by atoms with Crippen molar-refractivity contribution < 1.29 is 13.9 Å². The third-order valence-corrected chi connectivity index (χ3v) is 2.88. The molecule has 0 heterocycles. The zero-order valence-electron chi connectivity index (χ0n) is 9.07. The molecule has 0 spiro atoms. The highest BCUT2D eigenvalue weighted by molar-refractivity contribution is 9.10. The Morgan fingerprint density at radius 2 is 1.83 bits per heavy atom. The van der Waals surface area contributed by atoms with Gasteiger partial charge in [-0.2, -0.15) is 0 Å². The molecule has 0 aliphatic heterocycles. The van der Waals surface area contributed by atoms with Crippen LogP contribution in [0.1, 0.15) is 5.56 Å². The van der Waals surface area contributed by atoms with Crippen molar-refractivity contribution in [2.75, 3.05) is 0 Å². The number of aliphatic imine (C=N–C) groups is 1. The molecule has 2 nitrogen and oxygen atoms in total. The van der Waals surface area contributed by atoms with E-state index >= 15 is 0 Å². The normalized spacial score (nSPS) is 11.1. The molecular weight excluding hydrogens is 304 g/mol. The number of phenolic OH excluding ortho intramolecular Hbond substituents is 1. The van der Waals surface area contributed by atoms with E-state index in [2.05, 4.69) is 20.9 Å². The summed E-state index contributed by atoms with van der Waals surface area (Å²) in [6.45, 7) is 0. The molecule has 2 aromatic rings. The Morgan fingerprint density at radius 1 is 1.11 bits per heavy atom. The maximum Gasteiger partial charge on any atom is 0.151 e. The molecular formula is C13H8BrF2NO. The number of hydrogen-bond donors (Lipinski definition) is 1. The van der Waals surface area contributed by atoms with Crippen LogP contribution in [0.5, 0.6) is 5.75 Å². The number of halogens is 3. The van der Waals surface area contributed by atoms with Gasteiger partial charge in [0.15, 0.2) is 5.82 Å². The van der Waals surface area contributed by atoms with Gasteiger partial charge in [-0.15, -0.1) is 0 Å². The van der Waals surface area contributed by atoms with Gasteiger partial charge in [-0.1, -0.05) is 12.1 Å². The van der Waals surface area contributed by atoms with Gasteiger partial charge in [-0.05, 0) is 34.1 Å². The molecule has 2 rings (SSSR count). The fourth-order valence-electron chi connectivity index (χ4n) is 1.35. The largest absolute Gasteiger partial charge is 0.507 e. The topological polar surface area (TPSA) is 32.6 Å². The fourth-order valence-corrected chi connectivity index (χ4v) is 1.68. The highest BCUT2D eigenvalue weighted by Crippen LogP contribution is 2.26. The highest BCUT2D eigenvalue weighted by atomic mass is 79.9. The Kier molecular flexibility index (Phi) is 3.72. The highest BCUT2D eigenvalue weighted by Gasteiger charge is 2.07. The summed E-state index contributed by atoms with van der Waals surface area (Å²) in [5.74, 6) is -1.40. The van der Waals surface area contributed by atoms with E-state index < -0.39 is 11.6 Å². The summed E-state index contributed by atoms with van der Waals surface area (Å²) in [5.41, 5.74) is 0.448. The molecule has 0 aliphatic rings. The third kappa shape index (κ3) is 2.73. The van der Waals surface area contributed by atoms with Gasteiger partial charge in [0.05, 0.1) is 10.2 Å². The maximum atomic E-state index is 13.4. The molecule has 0 saturated heterocycles. The van der Waals surface area contributed by atoms with Gasteiger partial charge in [0.25, 0.3) is 0 Å². The third-order valence-electron chi connectivity index (χ3n) is 2.27. The lowest BCUT2D eigenvalue weighted by Gasteiger charge is -2.00. The minimum atomic E-state index is -0.762. The van der Waals surface area contributed by atoms with Crippen LogP contribution in [0.15, 0.2) is 45.9 Å². The van der Waals surface area contributed by atoms with Crippen LogP contribution in [-0.4, -0.2) is 11.3 Å². The van der Waals surface area contributed by atoms with Crippen LogP contribution in [0.2, 0.25) is 0 Å². The van der Waals surface area contributed by atoms with Gasteiger partial charge in [0, 0.05) is 17.8 Å². The minimum Gasteiger partial charge on any atom is -0.507 e. The molecule has 0 fully saturated rings. The number of benzene rings is 2. The molecule has 0 radical (unpaired) electrons. The van der Waals surface area contributed by atoms with Crippen molar-refractivity contribution in [2.45, 2.75) is 0 Å². The lowest BCUT2D eigenvalue weighted by molar-refractivity contribution is 0.474. The summed E-state index contributed by atoms with van der Waals surface area (Å²) in [4.78, 5) is 3.88. The molecule has 1 N–H and O–H groups in total. The zero-order valence-corrected chi connectivity index (χ0v) is 10.7. The fraction of sp³-hybridized carbons (Fsp3) is 0. The quantitative estimate of drug-likeness (QED) is 0.655. The van der Waals surface area contributed by atoms with Crippen molar-refractivity contribution in [3.05, 3.63) is 58.1 Å². The van der Waals surface area contributed by atoms with E-state index in [-0.39, 0.29) is 15.9 Å². The molecule has 0 aliphatic carbocycles. The molecule has 2 aromatic carbocycles. The van der Waals surface area contributed by atoms with Crippen LogP contribution in [0, 0.1) is 11.6 Å². The summed E-state index contributed by atoms with van der Waals surface area (Å²) in [7, 11) is 0. The predicted molar refractivity (Wildman–Crippen MR) is 69.4 cm³/mol. The number of aromatic hydroxyl groups is 1. The van der Waals surface area contributed by atoms with Crippen molar-refractivity contribution in [2.24, 2.45) is 4.99 Å². The van der Waals surface area contributed by atoms with Crippen LogP contribution in [0.3, 0.4) is 0 Å². The summed E-state index contributed by atoms with van der Waals surface area (Å²) >= 11 is 2.96. The van der Waals surface area contributed by atoms with Crippen molar-refractivity contribution in [1.82, 2.24) is 0 Å². The van der Waals surface area contributed by atoms with E-state index in [9.17, 15) is 13.9 Å². The van der Waals surface area contributed by atoms with Crippen molar-refractivity contribution in [3.63, 3.8) is 0 Å². The van der Waals surface area contributed by atoms with Crippen LogP contribution >= 0.6 is 15.9 Å². The second kappa shape index (κ2) is 5.27. The first-order chi connectivity index (χ1) is 8.58. The monoisotopic (exact) mass is 311 g/mol. The SMILES string of the molecule is Oc1ccccc1C=Nc1cc(Br)c(F)cc1F. The second-order valence-corrected chi connectivity index (χ2v) is 4.39. The van der Waals surface area contributed by atoms with Gasteiger partial charge < -0.3 is 5.11 Å². The molecule has 0 amide bonds. The molecule has 0 unspecified atom stereocenters. The molecule has 0 bridgehead atoms. The van der Waals surface area contributed by atoms with Crippen LogP contribution in [-0.2, 0) is 0 Å². The summed E-state index contributed by atoms with van der Waals surface area (Å²) < 4.78 is 26.5. The van der Waals surface area contributed by atoms with E-state index in [4.69, 9.17) is 0 Å².